The van der Waals surface area contributed by atoms with Crippen LogP contribution in [0.2, 0.25) is 0 Å². The number of fused-ring (bicyclic) bond motifs is 11. The maximum absolute atomic E-state index is 2.52. The summed E-state index contributed by atoms with van der Waals surface area (Å²) < 4.78 is 5.00. The number of rotatable bonds is 2. The first kappa shape index (κ1) is 22.1. The highest BCUT2D eigenvalue weighted by molar-refractivity contribution is 6.34. The van der Waals surface area contributed by atoms with Crippen molar-refractivity contribution in [1.82, 2.24) is 8.97 Å². The van der Waals surface area contributed by atoms with Crippen LogP contribution in [0.25, 0.3) is 87.5 Å². The van der Waals surface area contributed by atoms with Gasteiger partial charge in [0, 0.05) is 32.6 Å². The first-order chi connectivity index (χ1) is 20.8. The first-order valence-corrected chi connectivity index (χ1v) is 14.5. The van der Waals surface area contributed by atoms with Crippen molar-refractivity contribution in [3.05, 3.63) is 146 Å². The minimum Gasteiger partial charge on any atom is -0.295 e. The zero-order valence-electron chi connectivity index (χ0n) is 22.8. The van der Waals surface area contributed by atoms with Crippen molar-refractivity contribution in [1.29, 1.82) is 0 Å². The van der Waals surface area contributed by atoms with Gasteiger partial charge in [0.25, 0.3) is 0 Å². The molecule has 0 saturated carbocycles. The fourth-order valence-corrected chi connectivity index (χ4v) is 7.40. The third-order valence-electron chi connectivity index (χ3n) is 9.18. The van der Waals surface area contributed by atoms with Gasteiger partial charge in [-0.25, -0.2) is 0 Å². The fourth-order valence-electron chi connectivity index (χ4n) is 7.40. The number of aromatic nitrogens is 2. The molecule has 42 heavy (non-hydrogen) atoms. The SMILES string of the molecule is c1ccc(-c2ccc3cc(-n4c5ccccc5c5c6cc7ccccc7c7c8ccccc8n(c67)c54)ccc3c2)cc1. The van der Waals surface area contributed by atoms with E-state index in [0.717, 1.165) is 0 Å². The molecule has 0 unspecified atom stereocenters. The van der Waals surface area contributed by atoms with E-state index in [1.54, 1.807) is 0 Å². The molecular weight excluding hydrogens is 508 g/mol. The first-order valence-electron chi connectivity index (χ1n) is 14.5. The van der Waals surface area contributed by atoms with Gasteiger partial charge in [-0.15, -0.1) is 0 Å². The molecule has 0 amide bonds. The fraction of sp³-hybridized carbons (Fsp3) is 0. The van der Waals surface area contributed by atoms with Gasteiger partial charge in [-0.1, -0.05) is 109 Å². The number of hydrogen-bond donors (Lipinski definition) is 0. The predicted octanol–water partition coefficient (Wildman–Crippen LogP) is 10.8. The molecule has 0 bridgehead atoms. The molecule has 3 aromatic heterocycles. The predicted molar refractivity (Wildman–Crippen MR) is 178 cm³/mol. The van der Waals surface area contributed by atoms with Gasteiger partial charge < -0.3 is 0 Å². The largest absolute Gasteiger partial charge is 0.295 e. The van der Waals surface area contributed by atoms with E-state index in [1.807, 2.05) is 0 Å². The second-order valence-corrected chi connectivity index (χ2v) is 11.4. The van der Waals surface area contributed by atoms with Crippen LogP contribution in [-0.4, -0.2) is 8.97 Å². The second-order valence-electron chi connectivity index (χ2n) is 11.4. The summed E-state index contributed by atoms with van der Waals surface area (Å²) in [6.07, 6.45) is 0. The van der Waals surface area contributed by atoms with Crippen LogP contribution >= 0.6 is 0 Å². The molecule has 0 aliphatic heterocycles. The van der Waals surface area contributed by atoms with Crippen LogP contribution in [0, 0.1) is 0 Å². The molecule has 0 atom stereocenters. The average molecular weight is 533 g/mol. The molecule has 0 saturated heterocycles. The molecule has 10 aromatic rings. The third kappa shape index (κ3) is 2.78. The Labute approximate surface area is 241 Å². The van der Waals surface area contributed by atoms with E-state index < -0.39 is 0 Å². The lowest BCUT2D eigenvalue weighted by molar-refractivity contribution is 1.13. The Morgan fingerprint density at radius 1 is 0.381 bits per heavy atom. The third-order valence-corrected chi connectivity index (χ3v) is 9.18. The highest BCUT2D eigenvalue weighted by atomic mass is 15.1. The van der Waals surface area contributed by atoms with Crippen LogP contribution < -0.4 is 0 Å². The van der Waals surface area contributed by atoms with E-state index in [0.29, 0.717) is 0 Å². The van der Waals surface area contributed by atoms with Crippen LogP contribution in [0.15, 0.2) is 146 Å². The van der Waals surface area contributed by atoms with Crippen molar-refractivity contribution in [2.45, 2.75) is 0 Å². The van der Waals surface area contributed by atoms with E-state index in [4.69, 9.17) is 0 Å². The van der Waals surface area contributed by atoms with Crippen LogP contribution in [-0.2, 0) is 0 Å². The van der Waals surface area contributed by atoms with Crippen molar-refractivity contribution in [3.63, 3.8) is 0 Å². The van der Waals surface area contributed by atoms with E-state index in [9.17, 15) is 0 Å². The monoisotopic (exact) mass is 532 g/mol. The summed E-state index contributed by atoms with van der Waals surface area (Å²) >= 11 is 0. The van der Waals surface area contributed by atoms with Gasteiger partial charge in [0.2, 0.25) is 0 Å². The Balaban J connectivity index is 1.36. The topological polar surface area (TPSA) is 9.34 Å². The number of nitrogens with zero attached hydrogens (tertiary/aromatic N) is 2. The molecule has 2 nitrogen and oxygen atoms in total. The molecule has 7 aromatic carbocycles. The maximum Gasteiger partial charge on any atom is 0.131 e. The molecule has 0 fully saturated rings. The summed E-state index contributed by atoms with van der Waals surface area (Å²) in [7, 11) is 0. The number of hydrogen-bond acceptors (Lipinski definition) is 0. The van der Waals surface area contributed by atoms with Gasteiger partial charge in [0.1, 0.15) is 5.65 Å². The Kier molecular flexibility index (Phi) is 4.21. The van der Waals surface area contributed by atoms with Crippen molar-refractivity contribution < 1.29 is 0 Å². The summed E-state index contributed by atoms with van der Waals surface area (Å²) in [5.74, 6) is 0. The Morgan fingerprint density at radius 2 is 1.05 bits per heavy atom. The van der Waals surface area contributed by atoms with Crippen molar-refractivity contribution in [2.75, 3.05) is 0 Å². The summed E-state index contributed by atoms with van der Waals surface area (Å²) in [6.45, 7) is 0. The maximum atomic E-state index is 2.52. The summed E-state index contributed by atoms with van der Waals surface area (Å²) in [5, 5.41) is 11.7. The molecule has 0 aliphatic rings. The minimum atomic E-state index is 1.18. The number of para-hydroxylation sites is 2. The zero-order chi connectivity index (χ0) is 27.4. The lowest BCUT2D eigenvalue weighted by Gasteiger charge is -2.11. The van der Waals surface area contributed by atoms with Crippen LogP contribution in [0.5, 0.6) is 0 Å². The molecule has 10 rings (SSSR count). The highest BCUT2D eigenvalue weighted by Gasteiger charge is 2.25. The Bertz CT molecular complexity index is 2670. The normalized spacial score (nSPS) is 12.3. The van der Waals surface area contributed by atoms with Crippen LogP contribution in [0.3, 0.4) is 0 Å². The standard InChI is InChI=1S/C40H24N2/c1-2-10-25(11-3-1)26-18-19-28-23-30(21-20-27(28)22-26)41-35-16-8-7-15-33(35)38-34-24-29-12-4-5-13-31(29)37-32-14-6-9-17-36(32)42(39(34)37)40(38)41/h1-24H. The van der Waals surface area contributed by atoms with E-state index in [-0.39, 0.29) is 0 Å². The van der Waals surface area contributed by atoms with Crippen LogP contribution in [0.1, 0.15) is 0 Å². The van der Waals surface area contributed by atoms with Crippen molar-refractivity contribution >= 4 is 70.7 Å². The number of benzene rings is 7. The Morgan fingerprint density at radius 3 is 1.90 bits per heavy atom. The Hall–Kier alpha value is -5.60. The summed E-state index contributed by atoms with van der Waals surface area (Å²) in [5.41, 5.74) is 8.68. The molecule has 0 radical (unpaired) electrons. The molecular formula is C40H24N2. The molecule has 2 heteroatoms. The average Bonchev–Trinajstić information content (AvgIpc) is 3.69. The van der Waals surface area contributed by atoms with Gasteiger partial charge >= 0.3 is 0 Å². The molecule has 3 heterocycles. The van der Waals surface area contributed by atoms with Gasteiger partial charge in [-0.3, -0.25) is 8.97 Å². The molecule has 0 spiro atoms. The van der Waals surface area contributed by atoms with Crippen molar-refractivity contribution in [2.24, 2.45) is 0 Å². The van der Waals surface area contributed by atoms with Gasteiger partial charge in [0.05, 0.1) is 16.6 Å². The quantitative estimate of drug-likeness (QED) is 0.209. The summed E-state index contributed by atoms with van der Waals surface area (Å²) in [4.78, 5) is 0. The lowest BCUT2D eigenvalue weighted by Crippen LogP contribution is -1.97. The van der Waals surface area contributed by atoms with Crippen molar-refractivity contribution in [3.8, 4) is 16.8 Å². The van der Waals surface area contributed by atoms with Gasteiger partial charge in [-0.05, 0) is 69.1 Å². The second kappa shape index (κ2) is 7.99. The summed E-state index contributed by atoms with van der Waals surface area (Å²) in [6, 6.07) is 53.3. The molecule has 0 N–H and O–H groups in total. The minimum absolute atomic E-state index is 1.18. The molecule has 0 aliphatic carbocycles. The van der Waals surface area contributed by atoms with E-state index in [2.05, 4.69) is 155 Å². The smallest absolute Gasteiger partial charge is 0.131 e. The zero-order valence-corrected chi connectivity index (χ0v) is 22.8. The molecule has 194 valence electrons. The van der Waals surface area contributed by atoms with Gasteiger partial charge in [0.15, 0.2) is 0 Å². The van der Waals surface area contributed by atoms with Gasteiger partial charge in [-0.2, -0.15) is 0 Å². The van der Waals surface area contributed by atoms with Crippen LogP contribution in [0.4, 0.5) is 0 Å². The van der Waals surface area contributed by atoms with E-state index in [1.165, 1.54) is 87.5 Å². The highest BCUT2D eigenvalue weighted by Crippen LogP contribution is 2.46. The van der Waals surface area contributed by atoms with E-state index >= 15 is 0 Å². The lowest BCUT2D eigenvalue weighted by atomic mass is 10.00.